The summed E-state index contributed by atoms with van der Waals surface area (Å²) < 4.78 is 16.1. The number of amides is 1. The Bertz CT molecular complexity index is 464. The lowest BCUT2D eigenvalue weighted by molar-refractivity contribution is 0.148. The highest BCUT2D eigenvalue weighted by molar-refractivity contribution is 5.68. The first-order valence-corrected chi connectivity index (χ1v) is 6.77. The maximum Gasteiger partial charge on any atom is 0.407 e. The Morgan fingerprint density at radius 1 is 1.40 bits per heavy atom. The van der Waals surface area contributed by atoms with Gasteiger partial charge in [0.25, 0.3) is 0 Å². The van der Waals surface area contributed by atoms with Crippen LogP contribution in [0.3, 0.4) is 0 Å². The van der Waals surface area contributed by atoms with Crippen LogP contribution in [0.1, 0.15) is 24.9 Å². The van der Waals surface area contributed by atoms with Crippen molar-refractivity contribution in [3.8, 4) is 11.5 Å². The number of rotatable bonds is 4. The van der Waals surface area contributed by atoms with Crippen molar-refractivity contribution in [3.63, 3.8) is 0 Å². The highest BCUT2D eigenvalue weighted by Gasteiger charge is 2.17. The lowest BCUT2D eigenvalue weighted by Crippen LogP contribution is -2.33. The number of hydrogen-bond acceptors (Lipinski definition) is 5. The molecule has 1 heterocycles. The van der Waals surface area contributed by atoms with Crippen LogP contribution in [0.2, 0.25) is 0 Å². The van der Waals surface area contributed by atoms with Gasteiger partial charge in [-0.25, -0.2) is 4.79 Å². The van der Waals surface area contributed by atoms with Gasteiger partial charge in [-0.3, -0.25) is 0 Å². The fraction of sp³-hybridized carbons (Fsp3) is 0.500. The van der Waals surface area contributed by atoms with Crippen molar-refractivity contribution in [1.82, 2.24) is 5.32 Å². The van der Waals surface area contributed by atoms with E-state index >= 15 is 0 Å². The van der Waals surface area contributed by atoms with Gasteiger partial charge in [0, 0.05) is 13.0 Å². The van der Waals surface area contributed by atoms with E-state index in [1.165, 1.54) is 0 Å². The van der Waals surface area contributed by atoms with Gasteiger partial charge in [-0.2, -0.15) is 0 Å². The molecule has 2 rings (SSSR count). The molecule has 0 aromatic heterocycles. The van der Waals surface area contributed by atoms with E-state index < -0.39 is 6.09 Å². The van der Waals surface area contributed by atoms with E-state index in [0.717, 1.165) is 17.7 Å². The summed E-state index contributed by atoms with van der Waals surface area (Å²) in [7, 11) is 0. The third-order valence-electron chi connectivity index (χ3n) is 2.98. The van der Waals surface area contributed by atoms with E-state index in [9.17, 15) is 4.79 Å². The zero-order chi connectivity index (χ0) is 14.4. The molecule has 1 aliphatic heterocycles. The summed E-state index contributed by atoms with van der Waals surface area (Å²) in [5.74, 6) is 1.40. The Morgan fingerprint density at radius 3 is 2.85 bits per heavy atom. The van der Waals surface area contributed by atoms with Crippen molar-refractivity contribution < 1.29 is 19.0 Å². The van der Waals surface area contributed by atoms with E-state index in [-0.39, 0.29) is 12.6 Å². The average molecular weight is 280 g/mol. The summed E-state index contributed by atoms with van der Waals surface area (Å²) in [4.78, 5) is 11.5. The number of nitrogens with one attached hydrogen (secondary N) is 1. The molecule has 1 aliphatic rings. The summed E-state index contributed by atoms with van der Waals surface area (Å²) in [6.07, 6.45) is 0.376. The highest BCUT2D eigenvalue weighted by Crippen LogP contribution is 2.32. The molecule has 0 spiro atoms. The van der Waals surface area contributed by atoms with Crippen molar-refractivity contribution in [3.05, 3.63) is 23.8 Å². The van der Waals surface area contributed by atoms with Crippen LogP contribution < -0.4 is 20.5 Å². The van der Waals surface area contributed by atoms with Crippen molar-refractivity contribution in [2.75, 3.05) is 26.4 Å². The molecule has 0 saturated heterocycles. The van der Waals surface area contributed by atoms with Crippen LogP contribution in [0.4, 0.5) is 4.79 Å². The summed E-state index contributed by atoms with van der Waals surface area (Å²) in [5.41, 5.74) is 6.58. The standard InChI is InChI=1S/C14H20N2O4/c1-2-18-14(17)16-11(9-15)10-4-5-12-13(8-10)20-7-3-6-19-12/h4-5,8,11H,2-3,6-7,9,15H2,1H3,(H,16,17). The van der Waals surface area contributed by atoms with Crippen LogP contribution in [0.15, 0.2) is 18.2 Å². The van der Waals surface area contributed by atoms with Crippen LogP contribution in [0.25, 0.3) is 0 Å². The van der Waals surface area contributed by atoms with Crippen molar-refractivity contribution in [2.45, 2.75) is 19.4 Å². The lowest BCUT2D eigenvalue weighted by atomic mass is 10.1. The first kappa shape index (κ1) is 14.5. The summed E-state index contributed by atoms with van der Waals surface area (Å²) >= 11 is 0. The van der Waals surface area contributed by atoms with Crippen molar-refractivity contribution >= 4 is 6.09 Å². The molecule has 20 heavy (non-hydrogen) atoms. The van der Waals surface area contributed by atoms with Crippen LogP contribution in [0.5, 0.6) is 11.5 Å². The predicted octanol–water partition coefficient (Wildman–Crippen LogP) is 1.59. The zero-order valence-corrected chi connectivity index (χ0v) is 11.6. The van der Waals surface area contributed by atoms with Gasteiger partial charge >= 0.3 is 6.09 Å². The predicted molar refractivity (Wildman–Crippen MR) is 74.0 cm³/mol. The van der Waals surface area contributed by atoms with Gasteiger partial charge < -0.3 is 25.3 Å². The first-order valence-electron chi connectivity index (χ1n) is 6.77. The second-order valence-corrected chi connectivity index (χ2v) is 4.41. The maximum atomic E-state index is 11.5. The van der Waals surface area contributed by atoms with Crippen LogP contribution in [0, 0.1) is 0 Å². The molecule has 1 aromatic rings. The van der Waals surface area contributed by atoms with Gasteiger partial charge in [-0.1, -0.05) is 6.07 Å². The molecule has 3 N–H and O–H groups in total. The van der Waals surface area contributed by atoms with Gasteiger partial charge in [0.1, 0.15) is 0 Å². The van der Waals surface area contributed by atoms with Gasteiger partial charge in [0.15, 0.2) is 11.5 Å². The zero-order valence-electron chi connectivity index (χ0n) is 11.6. The second-order valence-electron chi connectivity index (χ2n) is 4.41. The Labute approximate surface area is 118 Å². The molecule has 1 amide bonds. The van der Waals surface area contributed by atoms with Gasteiger partial charge in [-0.05, 0) is 24.6 Å². The number of fused-ring (bicyclic) bond motifs is 1. The van der Waals surface area contributed by atoms with Crippen LogP contribution >= 0.6 is 0 Å². The Hall–Kier alpha value is -1.95. The summed E-state index contributed by atoms with van der Waals surface area (Å²) in [5, 5.41) is 2.72. The van der Waals surface area contributed by atoms with E-state index in [1.54, 1.807) is 6.92 Å². The van der Waals surface area contributed by atoms with Crippen LogP contribution in [-0.2, 0) is 4.74 Å². The Balaban J connectivity index is 2.13. The number of ether oxygens (including phenoxy) is 3. The Morgan fingerprint density at radius 2 is 2.15 bits per heavy atom. The van der Waals surface area contributed by atoms with Gasteiger partial charge in [0.2, 0.25) is 0 Å². The fourth-order valence-corrected chi connectivity index (χ4v) is 1.99. The minimum Gasteiger partial charge on any atom is -0.490 e. The molecule has 0 fully saturated rings. The minimum atomic E-state index is -0.477. The molecule has 110 valence electrons. The quantitative estimate of drug-likeness (QED) is 0.875. The number of nitrogens with two attached hydrogens (primary N) is 1. The van der Waals surface area contributed by atoms with E-state index in [1.807, 2.05) is 18.2 Å². The third-order valence-corrected chi connectivity index (χ3v) is 2.98. The smallest absolute Gasteiger partial charge is 0.407 e. The average Bonchev–Trinajstić information content (AvgIpc) is 2.69. The monoisotopic (exact) mass is 280 g/mol. The second kappa shape index (κ2) is 7.00. The minimum absolute atomic E-state index is 0.276. The molecule has 6 nitrogen and oxygen atoms in total. The summed E-state index contributed by atoms with van der Waals surface area (Å²) in [6.45, 7) is 3.62. The molecule has 1 unspecified atom stereocenters. The number of hydrogen-bond donors (Lipinski definition) is 2. The van der Waals surface area contributed by atoms with Gasteiger partial charge in [-0.15, -0.1) is 0 Å². The number of carbonyl (C=O) groups is 1. The molecule has 0 saturated carbocycles. The third kappa shape index (κ3) is 3.54. The fourth-order valence-electron chi connectivity index (χ4n) is 1.99. The topological polar surface area (TPSA) is 82.8 Å². The van der Waals surface area contributed by atoms with Crippen molar-refractivity contribution in [2.24, 2.45) is 5.73 Å². The molecular formula is C14H20N2O4. The summed E-state index contributed by atoms with van der Waals surface area (Å²) in [6, 6.07) is 5.25. The van der Waals surface area contributed by atoms with Gasteiger partial charge in [0.05, 0.1) is 25.9 Å². The molecular weight excluding hydrogens is 260 g/mol. The largest absolute Gasteiger partial charge is 0.490 e. The normalized spacial score (nSPS) is 15.1. The van der Waals surface area contributed by atoms with E-state index in [0.29, 0.717) is 25.6 Å². The molecule has 6 heteroatoms. The van der Waals surface area contributed by atoms with Crippen molar-refractivity contribution in [1.29, 1.82) is 0 Å². The molecule has 0 aliphatic carbocycles. The molecule has 0 bridgehead atoms. The number of benzene rings is 1. The van der Waals surface area contributed by atoms with E-state index in [2.05, 4.69) is 5.32 Å². The first-order chi connectivity index (χ1) is 9.74. The number of carbonyl (C=O) groups excluding carboxylic acids is 1. The SMILES string of the molecule is CCOC(=O)NC(CN)c1ccc2c(c1)OCCCO2. The Kier molecular flexibility index (Phi) is 5.06. The van der Waals surface area contributed by atoms with Crippen LogP contribution in [-0.4, -0.2) is 32.5 Å². The molecule has 0 radical (unpaired) electrons. The molecule has 1 aromatic carbocycles. The maximum absolute atomic E-state index is 11.5. The lowest BCUT2D eigenvalue weighted by Gasteiger charge is -2.18. The van der Waals surface area contributed by atoms with E-state index in [4.69, 9.17) is 19.9 Å². The highest BCUT2D eigenvalue weighted by atomic mass is 16.5. The molecule has 1 atom stereocenters. The number of alkyl carbamates (subject to hydrolysis) is 1.